The van der Waals surface area contributed by atoms with E-state index in [-0.39, 0.29) is 17.7 Å². The van der Waals surface area contributed by atoms with Crippen LogP contribution in [0.15, 0.2) is 0 Å². The highest BCUT2D eigenvalue weighted by Gasteiger charge is 2.63. The number of carboxylic acid groups (broad SMARTS) is 1. The van der Waals surface area contributed by atoms with Crippen LogP contribution >= 0.6 is 0 Å². The Balaban J connectivity index is 2.23. The summed E-state index contributed by atoms with van der Waals surface area (Å²) in [6, 6.07) is -0.522. The first kappa shape index (κ1) is 11.9. The van der Waals surface area contributed by atoms with Crippen LogP contribution in [0.2, 0.25) is 0 Å². The van der Waals surface area contributed by atoms with Gasteiger partial charge < -0.3 is 10.4 Å². The zero-order valence-electron chi connectivity index (χ0n) is 9.82. The van der Waals surface area contributed by atoms with Gasteiger partial charge in [-0.2, -0.15) is 0 Å². The molecule has 1 saturated carbocycles. The molecule has 0 bridgehead atoms. The molecule has 1 saturated heterocycles. The fourth-order valence-corrected chi connectivity index (χ4v) is 2.72. The number of urea groups is 1. The first-order valence-electron chi connectivity index (χ1n) is 5.73. The lowest BCUT2D eigenvalue weighted by atomic mass is 9.83. The number of carbonyl (C=O) groups is 3. The Kier molecular flexibility index (Phi) is 2.60. The molecule has 0 aromatic rings. The molecule has 3 amide bonds. The highest BCUT2D eigenvalue weighted by atomic mass is 16.4. The molecule has 2 aliphatic rings. The second-order valence-electron chi connectivity index (χ2n) is 5.26. The molecule has 3 atom stereocenters. The maximum Gasteiger partial charge on any atom is 0.322 e. The van der Waals surface area contributed by atoms with Crippen LogP contribution in [0, 0.1) is 17.8 Å². The third-order valence-electron chi connectivity index (χ3n) is 3.44. The van der Waals surface area contributed by atoms with Crippen LogP contribution in [-0.2, 0) is 9.59 Å². The summed E-state index contributed by atoms with van der Waals surface area (Å²) in [5.74, 6) is -1.88. The molecule has 2 rings (SSSR count). The zero-order chi connectivity index (χ0) is 12.8. The van der Waals surface area contributed by atoms with Crippen LogP contribution in [-0.4, -0.2) is 28.6 Å². The minimum atomic E-state index is -1.02. The van der Waals surface area contributed by atoms with Gasteiger partial charge in [0.25, 0.3) is 5.91 Å². The largest absolute Gasteiger partial charge is 0.481 e. The Labute approximate surface area is 98.8 Å². The predicted octanol–water partition coefficient (Wildman–Crippen LogP) is 0.331. The van der Waals surface area contributed by atoms with E-state index in [2.05, 4.69) is 10.6 Å². The lowest BCUT2D eigenvalue weighted by Crippen LogP contribution is -2.50. The summed E-state index contributed by atoms with van der Waals surface area (Å²) in [7, 11) is 0. The Bertz CT molecular complexity index is 393. The monoisotopic (exact) mass is 240 g/mol. The number of rotatable bonds is 4. The minimum Gasteiger partial charge on any atom is -0.481 e. The quantitative estimate of drug-likeness (QED) is 0.617. The second kappa shape index (κ2) is 3.72. The van der Waals surface area contributed by atoms with E-state index < -0.39 is 23.5 Å². The van der Waals surface area contributed by atoms with Crippen molar-refractivity contribution in [1.29, 1.82) is 0 Å². The van der Waals surface area contributed by atoms with Crippen LogP contribution in [0.1, 0.15) is 26.7 Å². The van der Waals surface area contributed by atoms with E-state index in [1.54, 1.807) is 0 Å². The van der Waals surface area contributed by atoms with Crippen molar-refractivity contribution in [3.63, 3.8) is 0 Å². The molecule has 0 aromatic heterocycles. The average molecular weight is 240 g/mol. The fourth-order valence-electron chi connectivity index (χ4n) is 2.72. The predicted molar refractivity (Wildman–Crippen MR) is 58.1 cm³/mol. The standard InChI is InChI=1S/C11H16N2O4/c1-5(2)4-11(7-3-6(7)8(14)15)9(16)12-10(17)13-11/h5-7H,3-4H2,1-2H3,(H,14,15)(H2,12,13,16,17). The van der Waals surface area contributed by atoms with Crippen molar-refractivity contribution in [2.45, 2.75) is 32.2 Å². The van der Waals surface area contributed by atoms with E-state index in [0.29, 0.717) is 12.8 Å². The number of imide groups is 1. The topological polar surface area (TPSA) is 95.5 Å². The van der Waals surface area contributed by atoms with Gasteiger partial charge in [-0.1, -0.05) is 13.8 Å². The molecule has 3 N–H and O–H groups in total. The van der Waals surface area contributed by atoms with Gasteiger partial charge in [0.15, 0.2) is 0 Å². The second-order valence-corrected chi connectivity index (χ2v) is 5.26. The normalized spacial score (nSPS) is 35.7. The summed E-state index contributed by atoms with van der Waals surface area (Å²) in [6.07, 6.45) is 0.925. The van der Waals surface area contributed by atoms with E-state index in [1.165, 1.54) is 0 Å². The SMILES string of the molecule is CC(C)CC1(C2CC2C(=O)O)NC(=O)NC1=O. The van der Waals surface area contributed by atoms with Crippen molar-refractivity contribution in [2.24, 2.45) is 17.8 Å². The molecule has 1 aliphatic heterocycles. The third-order valence-corrected chi connectivity index (χ3v) is 3.44. The number of nitrogens with one attached hydrogen (secondary N) is 2. The van der Waals surface area contributed by atoms with Gasteiger partial charge in [-0.3, -0.25) is 14.9 Å². The van der Waals surface area contributed by atoms with E-state index in [1.807, 2.05) is 13.8 Å². The molecular weight excluding hydrogens is 224 g/mol. The molecule has 2 fully saturated rings. The van der Waals surface area contributed by atoms with E-state index in [4.69, 9.17) is 5.11 Å². The number of carbonyl (C=O) groups excluding carboxylic acids is 2. The van der Waals surface area contributed by atoms with Crippen molar-refractivity contribution in [1.82, 2.24) is 10.6 Å². The van der Waals surface area contributed by atoms with Crippen molar-refractivity contribution in [2.75, 3.05) is 0 Å². The van der Waals surface area contributed by atoms with Gasteiger partial charge in [0.05, 0.1) is 5.92 Å². The maximum atomic E-state index is 11.9. The highest BCUT2D eigenvalue weighted by Crippen LogP contribution is 2.50. The molecule has 17 heavy (non-hydrogen) atoms. The average Bonchev–Trinajstić information content (AvgIpc) is 2.90. The van der Waals surface area contributed by atoms with E-state index in [0.717, 1.165) is 0 Å². The molecule has 6 heteroatoms. The van der Waals surface area contributed by atoms with Gasteiger partial charge in [0.1, 0.15) is 5.54 Å². The molecule has 1 aliphatic carbocycles. The van der Waals surface area contributed by atoms with Gasteiger partial charge in [-0.25, -0.2) is 4.79 Å². The Hall–Kier alpha value is -1.59. The van der Waals surface area contributed by atoms with Gasteiger partial charge in [-0.15, -0.1) is 0 Å². The number of carboxylic acids is 1. The van der Waals surface area contributed by atoms with Crippen molar-refractivity contribution in [3.8, 4) is 0 Å². The molecule has 94 valence electrons. The van der Waals surface area contributed by atoms with Gasteiger partial charge >= 0.3 is 12.0 Å². The molecule has 0 aromatic carbocycles. The number of hydrogen-bond acceptors (Lipinski definition) is 3. The van der Waals surface area contributed by atoms with Crippen LogP contribution in [0.4, 0.5) is 4.79 Å². The summed E-state index contributed by atoms with van der Waals surface area (Å²) in [5, 5.41) is 13.8. The lowest BCUT2D eigenvalue weighted by molar-refractivity contribution is -0.139. The zero-order valence-corrected chi connectivity index (χ0v) is 9.82. The van der Waals surface area contributed by atoms with Crippen molar-refractivity contribution >= 4 is 17.9 Å². The first-order valence-corrected chi connectivity index (χ1v) is 5.73. The summed E-state index contributed by atoms with van der Waals surface area (Å²) < 4.78 is 0. The summed E-state index contributed by atoms with van der Waals surface area (Å²) in [4.78, 5) is 34.1. The van der Waals surface area contributed by atoms with Crippen molar-refractivity contribution < 1.29 is 19.5 Å². The van der Waals surface area contributed by atoms with Crippen LogP contribution in [0.3, 0.4) is 0 Å². The fraction of sp³-hybridized carbons (Fsp3) is 0.727. The molecule has 0 spiro atoms. The van der Waals surface area contributed by atoms with Crippen LogP contribution < -0.4 is 10.6 Å². The Morgan fingerprint density at radius 2 is 2.18 bits per heavy atom. The van der Waals surface area contributed by atoms with Crippen LogP contribution in [0.25, 0.3) is 0 Å². The third kappa shape index (κ3) is 1.87. The highest BCUT2D eigenvalue weighted by molar-refractivity contribution is 6.07. The molecule has 1 heterocycles. The number of hydrogen-bond donors (Lipinski definition) is 3. The number of amides is 3. The van der Waals surface area contributed by atoms with E-state index >= 15 is 0 Å². The Morgan fingerprint density at radius 3 is 2.53 bits per heavy atom. The number of aliphatic carboxylic acids is 1. The molecule has 6 nitrogen and oxygen atoms in total. The van der Waals surface area contributed by atoms with Gasteiger partial charge in [0, 0.05) is 5.92 Å². The first-order chi connectivity index (χ1) is 7.86. The summed E-state index contributed by atoms with van der Waals surface area (Å²) >= 11 is 0. The lowest BCUT2D eigenvalue weighted by Gasteiger charge is -2.28. The summed E-state index contributed by atoms with van der Waals surface area (Å²) in [5.41, 5.74) is -1.02. The maximum absolute atomic E-state index is 11.9. The van der Waals surface area contributed by atoms with Gasteiger partial charge in [-0.05, 0) is 18.8 Å². The van der Waals surface area contributed by atoms with Gasteiger partial charge in [0.2, 0.25) is 0 Å². The van der Waals surface area contributed by atoms with E-state index in [9.17, 15) is 14.4 Å². The molecule has 0 radical (unpaired) electrons. The summed E-state index contributed by atoms with van der Waals surface area (Å²) in [6.45, 7) is 3.88. The molecular formula is C11H16N2O4. The Morgan fingerprint density at radius 1 is 1.53 bits per heavy atom. The molecule has 3 unspecified atom stereocenters. The minimum absolute atomic E-state index is 0.203. The van der Waals surface area contributed by atoms with Crippen molar-refractivity contribution in [3.05, 3.63) is 0 Å². The van der Waals surface area contributed by atoms with Crippen LogP contribution in [0.5, 0.6) is 0 Å². The smallest absolute Gasteiger partial charge is 0.322 e.